The van der Waals surface area contributed by atoms with Crippen molar-refractivity contribution in [3.63, 3.8) is 0 Å². The highest BCUT2D eigenvalue weighted by Crippen LogP contribution is 2.48. The van der Waals surface area contributed by atoms with Gasteiger partial charge in [0.1, 0.15) is 0 Å². The van der Waals surface area contributed by atoms with Gasteiger partial charge in [-0.15, -0.1) is 0 Å². The Labute approximate surface area is 109 Å². The minimum absolute atomic E-state index is 0.778. The molecule has 1 aromatic rings. The zero-order valence-corrected chi connectivity index (χ0v) is 11.4. The molecule has 0 aromatic carbocycles. The second-order valence-corrected chi connectivity index (χ2v) is 6.77. The summed E-state index contributed by atoms with van der Waals surface area (Å²) in [7, 11) is 0. The normalized spacial score (nSPS) is 24.5. The fourth-order valence-corrected chi connectivity index (χ4v) is 4.38. The van der Waals surface area contributed by atoms with Crippen molar-refractivity contribution in [1.29, 1.82) is 0 Å². The highest BCUT2D eigenvalue weighted by molar-refractivity contribution is 7.07. The summed E-state index contributed by atoms with van der Waals surface area (Å²) in [5.74, 6) is 0. The van der Waals surface area contributed by atoms with Crippen LogP contribution in [-0.2, 0) is 6.54 Å². The van der Waals surface area contributed by atoms with Gasteiger partial charge in [-0.3, -0.25) is 0 Å². The predicted octanol–water partition coefficient (Wildman–Crippen LogP) is 4.34. The second-order valence-electron chi connectivity index (χ2n) is 5.99. The minimum Gasteiger partial charge on any atom is -0.310 e. The van der Waals surface area contributed by atoms with Gasteiger partial charge >= 0.3 is 0 Å². The molecule has 2 heteroatoms. The van der Waals surface area contributed by atoms with Gasteiger partial charge in [-0.2, -0.15) is 11.3 Å². The molecule has 1 spiro atoms. The van der Waals surface area contributed by atoms with Gasteiger partial charge in [0.25, 0.3) is 0 Å². The van der Waals surface area contributed by atoms with Crippen molar-refractivity contribution < 1.29 is 0 Å². The summed E-state index contributed by atoms with van der Waals surface area (Å²) in [6.07, 6.45) is 11.8. The molecule has 0 radical (unpaired) electrons. The summed E-state index contributed by atoms with van der Waals surface area (Å²) in [6, 6.07) is 3.01. The van der Waals surface area contributed by atoms with Crippen LogP contribution in [0.3, 0.4) is 0 Å². The molecular formula is C15H23NS. The van der Waals surface area contributed by atoms with Gasteiger partial charge in [-0.1, -0.05) is 12.8 Å². The molecule has 0 aliphatic heterocycles. The van der Waals surface area contributed by atoms with Gasteiger partial charge in [-0.25, -0.2) is 0 Å². The summed E-state index contributed by atoms with van der Waals surface area (Å²) in [4.78, 5) is 0. The van der Waals surface area contributed by atoms with E-state index in [1.807, 2.05) is 0 Å². The van der Waals surface area contributed by atoms with E-state index in [4.69, 9.17) is 0 Å². The Kier molecular flexibility index (Phi) is 3.53. The lowest BCUT2D eigenvalue weighted by Crippen LogP contribution is -2.36. The van der Waals surface area contributed by atoms with Crippen LogP contribution in [0, 0.1) is 5.41 Å². The summed E-state index contributed by atoms with van der Waals surface area (Å²) in [5.41, 5.74) is 2.23. The Hall–Kier alpha value is -0.340. The standard InChI is InChI=1S/C15H23NS/c1-2-7-15(6-1)8-3-14(4-9-15)16-11-13-5-10-17-12-13/h5,10,12,14,16H,1-4,6-9,11H2. The molecule has 0 unspecified atom stereocenters. The maximum atomic E-state index is 3.74. The van der Waals surface area contributed by atoms with Crippen LogP contribution in [0.5, 0.6) is 0 Å². The smallest absolute Gasteiger partial charge is 0.0216 e. The van der Waals surface area contributed by atoms with Crippen LogP contribution in [0.4, 0.5) is 0 Å². The molecule has 0 atom stereocenters. The van der Waals surface area contributed by atoms with Crippen molar-refractivity contribution in [2.45, 2.75) is 64.0 Å². The average molecular weight is 249 g/mol. The first kappa shape index (κ1) is 11.7. The van der Waals surface area contributed by atoms with Crippen LogP contribution in [0.15, 0.2) is 16.8 Å². The van der Waals surface area contributed by atoms with E-state index in [2.05, 4.69) is 22.1 Å². The Morgan fingerprint density at radius 2 is 1.94 bits per heavy atom. The van der Waals surface area contributed by atoms with Crippen molar-refractivity contribution in [2.75, 3.05) is 0 Å². The number of nitrogens with one attached hydrogen (secondary N) is 1. The van der Waals surface area contributed by atoms with E-state index in [1.165, 1.54) is 56.9 Å². The first-order valence-electron chi connectivity index (χ1n) is 7.11. The number of rotatable bonds is 3. The van der Waals surface area contributed by atoms with Crippen molar-refractivity contribution in [1.82, 2.24) is 5.32 Å². The SMILES string of the molecule is c1cc(CNC2CCC3(CCCC3)CC2)cs1. The molecule has 1 heterocycles. The summed E-state index contributed by atoms with van der Waals surface area (Å²) < 4.78 is 0. The molecule has 3 rings (SSSR count). The zero-order valence-electron chi connectivity index (χ0n) is 10.6. The number of thiophene rings is 1. The zero-order chi connectivity index (χ0) is 11.6. The average Bonchev–Trinajstić information content (AvgIpc) is 3.01. The third-order valence-electron chi connectivity index (χ3n) is 4.89. The maximum absolute atomic E-state index is 3.74. The Morgan fingerprint density at radius 1 is 1.18 bits per heavy atom. The third kappa shape index (κ3) is 2.74. The number of hydrogen-bond acceptors (Lipinski definition) is 2. The quantitative estimate of drug-likeness (QED) is 0.840. The van der Waals surface area contributed by atoms with Crippen molar-refractivity contribution in [2.24, 2.45) is 5.41 Å². The molecule has 17 heavy (non-hydrogen) atoms. The third-order valence-corrected chi connectivity index (χ3v) is 5.62. The molecule has 2 fully saturated rings. The Balaban J connectivity index is 1.45. The van der Waals surface area contributed by atoms with Crippen LogP contribution >= 0.6 is 11.3 Å². The van der Waals surface area contributed by atoms with Gasteiger partial charge in [0.15, 0.2) is 0 Å². The van der Waals surface area contributed by atoms with Gasteiger partial charge in [-0.05, 0) is 66.3 Å². The highest BCUT2D eigenvalue weighted by Gasteiger charge is 2.37. The van der Waals surface area contributed by atoms with Crippen molar-refractivity contribution in [3.8, 4) is 0 Å². The van der Waals surface area contributed by atoms with Gasteiger partial charge < -0.3 is 5.32 Å². The van der Waals surface area contributed by atoms with Crippen LogP contribution < -0.4 is 5.32 Å². The van der Waals surface area contributed by atoms with Crippen molar-refractivity contribution >= 4 is 11.3 Å². The van der Waals surface area contributed by atoms with Crippen LogP contribution in [0.1, 0.15) is 56.9 Å². The molecule has 0 saturated heterocycles. The van der Waals surface area contributed by atoms with E-state index in [1.54, 1.807) is 11.3 Å². The topological polar surface area (TPSA) is 12.0 Å². The lowest BCUT2D eigenvalue weighted by Gasteiger charge is -2.37. The molecule has 0 bridgehead atoms. The predicted molar refractivity (Wildman–Crippen MR) is 74.3 cm³/mol. The Morgan fingerprint density at radius 3 is 2.59 bits per heavy atom. The van der Waals surface area contributed by atoms with Gasteiger partial charge in [0.05, 0.1) is 0 Å². The lowest BCUT2D eigenvalue weighted by molar-refractivity contribution is 0.168. The summed E-state index contributed by atoms with van der Waals surface area (Å²) in [6.45, 7) is 1.07. The molecule has 2 aliphatic carbocycles. The molecular weight excluding hydrogens is 226 g/mol. The second kappa shape index (κ2) is 5.11. The van der Waals surface area contributed by atoms with Crippen LogP contribution in [0.2, 0.25) is 0 Å². The maximum Gasteiger partial charge on any atom is 0.0216 e. The minimum atomic E-state index is 0.778. The largest absolute Gasteiger partial charge is 0.310 e. The Bertz CT molecular complexity index is 328. The molecule has 1 aromatic heterocycles. The van der Waals surface area contributed by atoms with Gasteiger partial charge in [0, 0.05) is 12.6 Å². The van der Waals surface area contributed by atoms with Gasteiger partial charge in [0.2, 0.25) is 0 Å². The summed E-state index contributed by atoms with van der Waals surface area (Å²) in [5, 5.41) is 8.17. The summed E-state index contributed by atoms with van der Waals surface area (Å²) >= 11 is 1.80. The molecule has 94 valence electrons. The fourth-order valence-electron chi connectivity index (χ4n) is 3.71. The van der Waals surface area contributed by atoms with Crippen LogP contribution in [0.25, 0.3) is 0 Å². The molecule has 1 nitrogen and oxygen atoms in total. The molecule has 2 aliphatic rings. The molecule has 2 saturated carbocycles. The first-order chi connectivity index (χ1) is 8.36. The number of hydrogen-bond donors (Lipinski definition) is 1. The van der Waals surface area contributed by atoms with Crippen molar-refractivity contribution in [3.05, 3.63) is 22.4 Å². The van der Waals surface area contributed by atoms with E-state index in [0.29, 0.717) is 0 Å². The van der Waals surface area contributed by atoms with E-state index >= 15 is 0 Å². The fraction of sp³-hybridized carbons (Fsp3) is 0.733. The van der Waals surface area contributed by atoms with E-state index in [0.717, 1.165) is 18.0 Å². The highest BCUT2D eigenvalue weighted by atomic mass is 32.1. The molecule has 1 N–H and O–H groups in total. The van der Waals surface area contributed by atoms with E-state index < -0.39 is 0 Å². The molecule has 0 amide bonds. The first-order valence-corrected chi connectivity index (χ1v) is 8.05. The van der Waals surface area contributed by atoms with E-state index in [-0.39, 0.29) is 0 Å². The monoisotopic (exact) mass is 249 g/mol. The van der Waals surface area contributed by atoms with E-state index in [9.17, 15) is 0 Å². The lowest BCUT2D eigenvalue weighted by atomic mass is 9.71. The van der Waals surface area contributed by atoms with Crippen LogP contribution in [-0.4, -0.2) is 6.04 Å².